The summed E-state index contributed by atoms with van der Waals surface area (Å²) in [6.07, 6.45) is 3.92. The van der Waals surface area contributed by atoms with E-state index in [9.17, 15) is 4.79 Å². The largest absolute Gasteiger partial charge is 0.315 e. The first-order chi connectivity index (χ1) is 12.8. The van der Waals surface area contributed by atoms with Crippen molar-refractivity contribution in [1.29, 1.82) is 0 Å². The third-order valence-electron chi connectivity index (χ3n) is 4.67. The van der Waals surface area contributed by atoms with Crippen LogP contribution in [0.5, 0.6) is 0 Å². The zero-order valence-corrected chi connectivity index (χ0v) is 15.4. The van der Waals surface area contributed by atoms with E-state index in [0.29, 0.717) is 12.3 Å². The maximum Gasteiger partial charge on any atom is 0.237 e. The molecular weight excluding hydrogens is 342 g/mol. The quantitative estimate of drug-likeness (QED) is 0.501. The lowest BCUT2D eigenvalue weighted by molar-refractivity contribution is -0.116. The fourth-order valence-electron chi connectivity index (χ4n) is 3.47. The number of allylic oxidation sites excluding steroid dienone is 1. The topological polar surface area (TPSA) is 38.1 Å². The number of hydrogen-bond acceptors (Lipinski definition) is 3. The number of rotatable bonds is 5. The number of aromatic nitrogens is 2. The molecule has 4 rings (SSSR count). The van der Waals surface area contributed by atoms with Gasteiger partial charge in [-0.05, 0) is 36.6 Å². The van der Waals surface area contributed by atoms with Gasteiger partial charge in [0.15, 0.2) is 5.16 Å². The first-order valence-electron chi connectivity index (χ1n) is 8.85. The minimum absolute atomic E-state index is 0.138. The van der Waals surface area contributed by atoms with Gasteiger partial charge in [-0.2, -0.15) is 0 Å². The van der Waals surface area contributed by atoms with Crippen LogP contribution in [0, 0.1) is 0 Å². The molecular formula is C21H21N3OS. The molecule has 0 fully saturated rings. The molecule has 5 heteroatoms. The predicted octanol–water partition coefficient (Wildman–Crippen LogP) is 4.29. The van der Waals surface area contributed by atoms with Crippen molar-refractivity contribution in [2.75, 3.05) is 17.2 Å². The van der Waals surface area contributed by atoms with Gasteiger partial charge in [0.05, 0.1) is 16.8 Å². The van der Waals surface area contributed by atoms with Crippen molar-refractivity contribution in [2.45, 2.75) is 24.5 Å². The molecule has 2 aromatic carbocycles. The number of thioether (sulfide) groups is 1. The van der Waals surface area contributed by atoms with Gasteiger partial charge < -0.3 is 9.47 Å². The van der Waals surface area contributed by atoms with Crippen molar-refractivity contribution < 1.29 is 4.79 Å². The third-order valence-corrected chi connectivity index (χ3v) is 5.63. The highest BCUT2D eigenvalue weighted by Crippen LogP contribution is 2.29. The Morgan fingerprint density at radius 3 is 2.88 bits per heavy atom. The van der Waals surface area contributed by atoms with Crippen molar-refractivity contribution in [1.82, 2.24) is 9.55 Å². The summed E-state index contributed by atoms with van der Waals surface area (Å²) in [5.74, 6) is 0.522. The summed E-state index contributed by atoms with van der Waals surface area (Å²) in [6.45, 7) is 5.32. The number of nitrogens with zero attached hydrogens (tertiary/aromatic N) is 3. The van der Waals surface area contributed by atoms with E-state index in [1.54, 1.807) is 0 Å². The SMILES string of the molecule is C=CCn1c(SCC(=O)N2CCCc3ccccc32)nc2ccccc21. The van der Waals surface area contributed by atoms with Crippen LogP contribution in [0.2, 0.25) is 0 Å². The molecule has 4 nitrogen and oxygen atoms in total. The van der Waals surface area contributed by atoms with Gasteiger partial charge in [-0.3, -0.25) is 4.79 Å². The molecule has 0 spiro atoms. The van der Waals surface area contributed by atoms with Gasteiger partial charge in [0.2, 0.25) is 5.91 Å². The summed E-state index contributed by atoms with van der Waals surface area (Å²) < 4.78 is 2.12. The Kier molecular flexibility index (Phi) is 4.80. The maximum atomic E-state index is 12.9. The Balaban J connectivity index is 1.55. The van der Waals surface area contributed by atoms with E-state index >= 15 is 0 Å². The normalized spacial score (nSPS) is 13.6. The van der Waals surface area contributed by atoms with Crippen LogP contribution >= 0.6 is 11.8 Å². The van der Waals surface area contributed by atoms with Crippen molar-refractivity contribution in [3.63, 3.8) is 0 Å². The number of anilines is 1. The molecule has 0 unspecified atom stereocenters. The number of imidazole rings is 1. The van der Waals surface area contributed by atoms with E-state index in [-0.39, 0.29) is 5.91 Å². The van der Waals surface area contributed by atoms with Crippen LogP contribution < -0.4 is 4.90 Å². The zero-order valence-electron chi connectivity index (χ0n) is 14.6. The summed E-state index contributed by atoms with van der Waals surface area (Å²) in [7, 11) is 0. The van der Waals surface area contributed by atoms with Crippen LogP contribution in [-0.4, -0.2) is 27.8 Å². The number of fused-ring (bicyclic) bond motifs is 2. The summed E-state index contributed by atoms with van der Waals surface area (Å²) in [4.78, 5) is 19.5. The molecule has 0 N–H and O–H groups in total. The van der Waals surface area contributed by atoms with Crippen LogP contribution in [0.25, 0.3) is 11.0 Å². The first-order valence-corrected chi connectivity index (χ1v) is 9.83. The van der Waals surface area contributed by atoms with E-state index in [1.807, 2.05) is 47.4 Å². The lowest BCUT2D eigenvalue weighted by Gasteiger charge is -2.29. The van der Waals surface area contributed by atoms with Gasteiger partial charge in [0, 0.05) is 18.8 Å². The lowest BCUT2D eigenvalue weighted by atomic mass is 10.0. The molecule has 0 bridgehead atoms. The molecule has 0 saturated carbocycles. The molecule has 0 atom stereocenters. The zero-order chi connectivity index (χ0) is 17.9. The maximum absolute atomic E-state index is 12.9. The Morgan fingerprint density at radius 1 is 1.19 bits per heavy atom. The Labute approximate surface area is 157 Å². The fraction of sp³-hybridized carbons (Fsp3) is 0.238. The second-order valence-corrected chi connectivity index (χ2v) is 7.29. The number of para-hydroxylation sites is 3. The molecule has 0 radical (unpaired) electrons. The van der Waals surface area contributed by atoms with Gasteiger partial charge in [-0.15, -0.1) is 6.58 Å². The van der Waals surface area contributed by atoms with Crippen molar-refractivity contribution in [2.24, 2.45) is 0 Å². The summed E-state index contributed by atoms with van der Waals surface area (Å²) in [5, 5.41) is 0.866. The van der Waals surface area contributed by atoms with Crippen LogP contribution in [0.3, 0.4) is 0 Å². The number of carbonyl (C=O) groups is 1. The smallest absolute Gasteiger partial charge is 0.237 e. The highest BCUT2D eigenvalue weighted by Gasteiger charge is 2.22. The second-order valence-electron chi connectivity index (χ2n) is 6.35. The average Bonchev–Trinajstić information content (AvgIpc) is 3.04. The van der Waals surface area contributed by atoms with E-state index in [4.69, 9.17) is 4.98 Å². The number of aryl methyl sites for hydroxylation is 1. The van der Waals surface area contributed by atoms with E-state index in [0.717, 1.165) is 41.3 Å². The predicted molar refractivity (Wildman–Crippen MR) is 108 cm³/mol. The number of hydrogen-bond donors (Lipinski definition) is 0. The minimum atomic E-state index is 0.138. The van der Waals surface area contributed by atoms with Crippen molar-refractivity contribution in [3.05, 3.63) is 66.7 Å². The number of amides is 1. The Hall–Kier alpha value is -2.53. The molecule has 3 aromatic rings. The van der Waals surface area contributed by atoms with Crippen LogP contribution in [0.1, 0.15) is 12.0 Å². The first kappa shape index (κ1) is 16.9. The Bertz CT molecular complexity index is 963. The standard InChI is InChI=1S/C21H21N3OS/c1-2-13-24-19-12-6-4-10-17(19)22-21(24)26-15-20(25)23-14-7-9-16-8-3-5-11-18(16)23/h2-6,8,10-12H,1,7,9,13-15H2. The second kappa shape index (κ2) is 7.38. The van der Waals surface area contributed by atoms with Crippen molar-refractivity contribution >= 4 is 34.4 Å². The van der Waals surface area contributed by atoms with Gasteiger partial charge in [-0.1, -0.05) is 48.2 Å². The van der Waals surface area contributed by atoms with Crippen LogP contribution in [0.4, 0.5) is 5.69 Å². The third kappa shape index (κ3) is 3.15. The molecule has 132 valence electrons. The van der Waals surface area contributed by atoms with Gasteiger partial charge in [-0.25, -0.2) is 4.98 Å². The summed E-state index contributed by atoms with van der Waals surface area (Å²) >= 11 is 1.50. The highest BCUT2D eigenvalue weighted by molar-refractivity contribution is 7.99. The highest BCUT2D eigenvalue weighted by atomic mass is 32.2. The molecule has 2 heterocycles. The van der Waals surface area contributed by atoms with Crippen molar-refractivity contribution in [3.8, 4) is 0 Å². The van der Waals surface area contributed by atoms with Gasteiger partial charge in [0.25, 0.3) is 0 Å². The molecule has 1 amide bonds. The van der Waals surface area contributed by atoms with Gasteiger partial charge in [0.1, 0.15) is 0 Å². The summed E-state index contributed by atoms with van der Waals surface area (Å²) in [5.41, 5.74) is 4.35. The molecule has 1 aliphatic heterocycles. The average molecular weight is 363 g/mol. The monoisotopic (exact) mass is 363 g/mol. The molecule has 1 aromatic heterocycles. The number of benzene rings is 2. The molecule has 1 aliphatic rings. The lowest BCUT2D eigenvalue weighted by Crippen LogP contribution is -2.36. The van der Waals surface area contributed by atoms with E-state index < -0.39 is 0 Å². The molecule has 0 saturated heterocycles. The Morgan fingerprint density at radius 2 is 2.00 bits per heavy atom. The van der Waals surface area contributed by atoms with E-state index in [1.165, 1.54) is 17.3 Å². The molecule has 0 aliphatic carbocycles. The van der Waals surface area contributed by atoms with Gasteiger partial charge >= 0.3 is 0 Å². The van der Waals surface area contributed by atoms with Crippen LogP contribution in [0.15, 0.2) is 66.3 Å². The number of carbonyl (C=O) groups excluding carboxylic acids is 1. The van der Waals surface area contributed by atoms with Crippen LogP contribution in [-0.2, 0) is 17.8 Å². The summed E-state index contributed by atoms with van der Waals surface area (Å²) in [6, 6.07) is 16.3. The molecule has 26 heavy (non-hydrogen) atoms. The van der Waals surface area contributed by atoms with E-state index in [2.05, 4.69) is 23.3 Å². The minimum Gasteiger partial charge on any atom is -0.315 e. The fourth-order valence-corrected chi connectivity index (χ4v) is 4.37.